The van der Waals surface area contributed by atoms with Crippen molar-refractivity contribution in [1.82, 2.24) is 4.90 Å². The van der Waals surface area contributed by atoms with Crippen molar-refractivity contribution in [2.75, 3.05) is 14.2 Å². The van der Waals surface area contributed by atoms with Gasteiger partial charge < -0.3 is 19.5 Å². The molecular weight excluding hydrogens is 454 g/mol. The van der Waals surface area contributed by atoms with Crippen molar-refractivity contribution < 1.29 is 24.2 Å². The third-order valence-corrected chi connectivity index (χ3v) is 6.98. The molecule has 0 aromatic heterocycles. The minimum Gasteiger partial charge on any atom is -0.497 e. The molecule has 188 valence electrons. The number of benzene rings is 3. The van der Waals surface area contributed by atoms with E-state index < -0.39 is 11.5 Å². The number of rotatable bonds is 6. The molecule has 1 unspecified atom stereocenters. The number of fused-ring (bicyclic) bond motifs is 1. The van der Waals surface area contributed by atoms with Crippen LogP contribution in [0.15, 0.2) is 66.7 Å². The summed E-state index contributed by atoms with van der Waals surface area (Å²) < 4.78 is 11.0. The highest BCUT2D eigenvalue weighted by Gasteiger charge is 2.50. The maximum atomic E-state index is 14.1. The lowest BCUT2D eigenvalue weighted by molar-refractivity contribution is -0.151. The quantitative estimate of drug-likeness (QED) is 0.513. The Morgan fingerprint density at radius 2 is 1.67 bits per heavy atom. The van der Waals surface area contributed by atoms with Crippen LogP contribution >= 0.6 is 0 Å². The molecule has 1 aliphatic rings. The average molecular weight is 488 g/mol. The fourth-order valence-corrected chi connectivity index (χ4v) is 5.01. The van der Waals surface area contributed by atoms with Gasteiger partial charge in [-0.2, -0.15) is 0 Å². The van der Waals surface area contributed by atoms with E-state index in [1.54, 1.807) is 26.4 Å². The molecule has 0 bridgehead atoms. The Hall–Kier alpha value is -3.80. The Balaban J connectivity index is 1.84. The zero-order valence-electron chi connectivity index (χ0n) is 21.5. The number of aliphatic carboxylic acids is 1. The highest BCUT2D eigenvalue weighted by molar-refractivity contribution is 5.99. The summed E-state index contributed by atoms with van der Waals surface area (Å²) >= 11 is 0. The number of nitrogens with zero attached hydrogens (tertiary/aromatic N) is 1. The Morgan fingerprint density at radius 1 is 0.944 bits per heavy atom. The van der Waals surface area contributed by atoms with Crippen LogP contribution in [0.2, 0.25) is 0 Å². The Morgan fingerprint density at radius 3 is 2.28 bits per heavy atom. The normalized spacial score (nSPS) is 17.3. The summed E-state index contributed by atoms with van der Waals surface area (Å²) in [5, 5.41) is 10.7. The van der Waals surface area contributed by atoms with E-state index in [1.165, 1.54) is 4.90 Å². The van der Waals surface area contributed by atoms with Gasteiger partial charge >= 0.3 is 5.97 Å². The maximum absolute atomic E-state index is 14.1. The first kappa shape index (κ1) is 25.3. The van der Waals surface area contributed by atoms with Crippen LogP contribution in [0.3, 0.4) is 0 Å². The molecule has 1 heterocycles. The first-order chi connectivity index (χ1) is 17.1. The molecule has 1 N–H and O–H groups in total. The molecule has 0 radical (unpaired) electrons. The van der Waals surface area contributed by atoms with Crippen LogP contribution in [0.25, 0.3) is 0 Å². The minimum absolute atomic E-state index is 0.161. The lowest BCUT2D eigenvalue weighted by Gasteiger charge is -2.45. The number of hydrogen-bond acceptors (Lipinski definition) is 4. The van der Waals surface area contributed by atoms with E-state index in [2.05, 4.69) is 20.8 Å². The lowest BCUT2D eigenvalue weighted by Crippen LogP contribution is -2.61. The smallest absolute Gasteiger partial charge is 0.330 e. The van der Waals surface area contributed by atoms with Crippen molar-refractivity contribution in [3.8, 4) is 11.5 Å². The van der Waals surface area contributed by atoms with Gasteiger partial charge in [0.1, 0.15) is 17.0 Å². The topological polar surface area (TPSA) is 76.1 Å². The van der Waals surface area contributed by atoms with Crippen LogP contribution in [-0.4, -0.2) is 41.6 Å². The molecule has 4 rings (SSSR count). The van der Waals surface area contributed by atoms with Crippen molar-refractivity contribution in [3.05, 3.63) is 94.5 Å². The summed E-state index contributed by atoms with van der Waals surface area (Å²) in [7, 11) is 3.17. The average Bonchev–Trinajstić information content (AvgIpc) is 2.87. The summed E-state index contributed by atoms with van der Waals surface area (Å²) in [6.07, 6.45) is 0.386. The zero-order chi connectivity index (χ0) is 26.1. The van der Waals surface area contributed by atoms with Gasteiger partial charge in [-0.1, -0.05) is 63.2 Å². The van der Waals surface area contributed by atoms with Crippen molar-refractivity contribution in [2.45, 2.75) is 51.1 Å². The Bertz CT molecular complexity index is 1280. The standard InChI is InChI=1S/C30H33NO5/c1-29(2,3)25-14-12-21(16-26(25)36-5)27(32)31-19-23-15-24(35-4)13-11-22(23)18-30(31,28(33)34)17-20-9-7-6-8-10-20/h6-16H,17-19H2,1-5H3,(H,33,34). The van der Waals surface area contributed by atoms with Crippen molar-refractivity contribution in [1.29, 1.82) is 0 Å². The van der Waals surface area contributed by atoms with E-state index in [0.717, 1.165) is 22.3 Å². The summed E-state index contributed by atoms with van der Waals surface area (Å²) in [5.41, 5.74) is 2.38. The van der Waals surface area contributed by atoms with Crippen LogP contribution < -0.4 is 9.47 Å². The Labute approximate surface area is 212 Å². The summed E-state index contributed by atoms with van der Waals surface area (Å²) in [4.78, 5) is 28.6. The predicted molar refractivity (Wildman–Crippen MR) is 139 cm³/mol. The van der Waals surface area contributed by atoms with Crippen LogP contribution in [0, 0.1) is 0 Å². The molecule has 1 aliphatic heterocycles. The predicted octanol–water partition coefficient (Wildman–Crippen LogP) is 5.27. The molecule has 3 aromatic carbocycles. The number of carbonyl (C=O) groups is 2. The van der Waals surface area contributed by atoms with Gasteiger partial charge in [0, 0.05) is 24.9 Å². The lowest BCUT2D eigenvalue weighted by atomic mass is 9.78. The first-order valence-electron chi connectivity index (χ1n) is 12.0. The second kappa shape index (κ2) is 9.69. The number of methoxy groups -OCH3 is 2. The molecule has 1 amide bonds. The molecule has 0 spiro atoms. The monoisotopic (exact) mass is 487 g/mol. The molecule has 0 saturated carbocycles. The molecule has 1 atom stereocenters. The Kier molecular flexibility index (Phi) is 6.81. The summed E-state index contributed by atoms with van der Waals surface area (Å²) in [6.45, 7) is 6.40. The van der Waals surface area contributed by atoms with Gasteiger partial charge in [0.05, 0.1) is 14.2 Å². The number of hydrogen-bond donors (Lipinski definition) is 1. The fraction of sp³-hybridized carbons (Fsp3) is 0.333. The third-order valence-electron chi connectivity index (χ3n) is 6.98. The summed E-state index contributed by atoms with van der Waals surface area (Å²) in [6, 6.07) is 20.5. The number of carbonyl (C=O) groups excluding carboxylic acids is 1. The van der Waals surface area contributed by atoms with Crippen LogP contribution in [0.4, 0.5) is 0 Å². The van der Waals surface area contributed by atoms with Crippen LogP contribution in [-0.2, 0) is 29.6 Å². The van der Waals surface area contributed by atoms with Gasteiger partial charge in [-0.3, -0.25) is 4.79 Å². The second-order valence-electron chi connectivity index (χ2n) is 10.4. The molecule has 6 nitrogen and oxygen atoms in total. The zero-order valence-corrected chi connectivity index (χ0v) is 21.5. The van der Waals surface area contributed by atoms with Gasteiger partial charge in [-0.15, -0.1) is 0 Å². The molecular formula is C30H33NO5. The number of carboxylic acid groups (broad SMARTS) is 1. The molecule has 0 aliphatic carbocycles. The van der Waals surface area contributed by atoms with Crippen molar-refractivity contribution in [2.24, 2.45) is 0 Å². The second-order valence-corrected chi connectivity index (χ2v) is 10.4. The number of ether oxygens (including phenoxy) is 2. The minimum atomic E-state index is -1.45. The van der Waals surface area contributed by atoms with Crippen LogP contribution in [0.5, 0.6) is 11.5 Å². The third kappa shape index (κ3) is 4.68. The largest absolute Gasteiger partial charge is 0.497 e. The van der Waals surface area contributed by atoms with E-state index in [4.69, 9.17) is 9.47 Å². The number of amides is 1. The summed E-state index contributed by atoms with van der Waals surface area (Å²) in [5.74, 6) is -0.0975. The van der Waals surface area contributed by atoms with E-state index in [-0.39, 0.29) is 30.7 Å². The van der Waals surface area contributed by atoms with Gasteiger partial charge in [0.25, 0.3) is 5.91 Å². The van der Waals surface area contributed by atoms with E-state index >= 15 is 0 Å². The molecule has 0 fully saturated rings. The molecule has 0 saturated heterocycles. The number of carboxylic acids is 1. The highest BCUT2D eigenvalue weighted by Crippen LogP contribution is 2.38. The van der Waals surface area contributed by atoms with Crippen LogP contribution in [0.1, 0.15) is 53.4 Å². The fourth-order valence-electron chi connectivity index (χ4n) is 5.01. The van der Waals surface area contributed by atoms with Crippen molar-refractivity contribution in [3.63, 3.8) is 0 Å². The van der Waals surface area contributed by atoms with Crippen molar-refractivity contribution >= 4 is 11.9 Å². The van der Waals surface area contributed by atoms with E-state index in [0.29, 0.717) is 17.1 Å². The highest BCUT2D eigenvalue weighted by atomic mass is 16.5. The molecule has 3 aromatic rings. The molecule has 6 heteroatoms. The van der Waals surface area contributed by atoms with Gasteiger partial charge in [0.15, 0.2) is 0 Å². The SMILES string of the molecule is COc1ccc2c(c1)CN(C(=O)c1ccc(C(C)(C)C)c(OC)c1)C(Cc1ccccc1)(C(=O)O)C2. The first-order valence-corrected chi connectivity index (χ1v) is 12.0. The van der Waals surface area contributed by atoms with E-state index in [1.807, 2.05) is 54.6 Å². The maximum Gasteiger partial charge on any atom is 0.330 e. The van der Waals surface area contributed by atoms with E-state index in [9.17, 15) is 14.7 Å². The van der Waals surface area contributed by atoms with Gasteiger partial charge in [0.2, 0.25) is 0 Å². The van der Waals surface area contributed by atoms with Gasteiger partial charge in [-0.05, 0) is 51.9 Å². The molecule has 36 heavy (non-hydrogen) atoms. The van der Waals surface area contributed by atoms with Gasteiger partial charge in [-0.25, -0.2) is 4.79 Å².